The molecule has 0 bridgehead atoms. The van der Waals surface area contributed by atoms with E-state index in [1.54, 1.807) is 0 Å². The van der Waals surface area contributed by atoms with E-state index in [4.69, 9.17) is 0 Å². The first-order chi connectivity index (χ1) is 9.04. The topological polar surface area (TPSA) is 39.2 Å². The molecule has 0 atom stereocenters. The van der Waals surface area contributed by atoms with Crippen molar-refractivity contribution >= 4 is 5.97 Å². The maximum Gasteiger partial charge on any atom is 0.342 e. The van der Waals surface area contributed by atoms with Crippen molar-refractivity contribution in [2.75, 3.05) is 7.11 Å². The van der Waals surface area contributed by atoms with Crippen LogP contribution in [0.2, 0.25) is 0 Å². The number of ether oxygens (including phenoxy) is 1. The van der Waals surface area contributed by atoms with Gasteiger partial charge in [-0.25, -0.2) is 18.6 Å². The second kappa shape index (κ2) is 5.09. The Labute approximate surface area is 106 Å². The summed E-state index contributed by atoms with van der Waals surface area (Å²) in [6, 6.07) is 5.80. The summed E-state index contributed by atoms with van der Waals surface area (Å²) in [7, 11) is 1.10. The first kappa shape index (κ1) is 13.1. The number of halogens is 3. The van der Waals surface area contributed by atoms with Crippen LogP contribution < -0.4 is 0 Å². The monoisotopic (exact) mass is 267 g/mol. The van der Waals surface area contributed by atoms with Crippen LogP contribution >= 0.6 is 0 Å². The van der Waals surface area contributed by atoms with Gasteiger partial charge in [-0.3, -0.25) is 0 Å². The van der Waals surface area contributed by atoms with Crippen LogP contribution in [0.15, 0.2) is 30.3 Å². The predicted molar refractivity (Wildman–Crippen MR) is 60.9 cm³/mol. The lowest BCUT2D eigenvalue weighted by atomic mass is 10.1. The summed E-state index contributed by atoms with van der Waals surface area (Å²) in [6.07, 6.45) is 0. The SMILES string of the molecule is COC(=O)c1ccc(-c2cccc(F)c2F)nc1F. The molecule has 0 aliphatic carbocycles. The molecule has 0 aliphatic rings. The highest BCUT2D eigenvalue weighted by atomic mass is 19.2. The third-order valence-corrected chi connectivity index (χ3v) is 2.48. The van der Waals surface area contributed by atoms with Gasteiger partial charge in [0.2, 0.25) is 5.95 Å². The number of carbonyl (C=O) groups is 1. The maximum absolute atomic E-state index is 13.6. The summed E-state index contributed by atoms with van der Waals surface area (Å²) in [4.78, 5) is 14.6. The highest BCUT2D eigenvalue weighted by molar-refractivity contribution is 5.89. The quantitative estimate of drug-likeness (QED) is 0.620. The minimum absolute atomic E-state index is 0.109. The van der Waals surface area contributed by atoms with Crippen molar-refractivity contribution in [2.45, 2.75) is 0 Å². The molecule has 0 N–H and O–H groups in total. The molecule has 98 valence electrons. The van der Waals surface area contributed by atoms with Gasteiger partial charge in [0.1, 0.15) is 5.56 Å². The van der Waals surface area contributed by atoms with Gasteiger partial charge in [-0.2, -0.15) is 4.39 Å². The minimum Gasteiger partial charge on any atom is -0.465 e. The number of pyridine rings is 1. The lowest BCUT2D eigenvalue weighted by molar-refractivity contribution is 0.0594. The van der Waals surface area contributed by atoms with Gasteiger partial charge in [0.05, 0.1) is 12.8 Å². The summed E-state index contributed by atoms with van der Waals surface area (Å²) in [5.74, 6) is -4.18. The molecule has 1 aromatic carbocycles. The van der Waals surface area contributed by atoms with Crippen LogP contribution in [0.1, 0.15) is 10.4 Å². The molecule has 19 heavy (non-hydrogen) atoms. The standard InChI is InChI=1S/C13H8F3NO2/c1-19-13(18)8-5-6-10(17-12(8)16)7-3-2-4-9(14)11(7)15/h2-6H,1H3. The number of rotatable bonds is 2. The number of benzene rings is 1. The van der Waals surface area contributed by atoms with Gasteiger partial charge < -0.3 is 4.74 Å². The number of nitrogens with zero attached hydrogens (tertiary/aromatic N) is 1. The Balaban J connectivity index is 2.51. The summed E-state index contributed by atoms with van der Waals surface area (Å²) in [5.41, 5.74) is -0.666. The smallest absolute Gasteiger partial charge is 0.342 e. The molecule has 0 amide bonds. The van der Waals surface area contributed by atoms with Crippen molar-refractivity contribution in [3.05, 3.63) is 53.5 Å². The molecular weight excluding hydrogens is 259 g/mol. The second-order valence-electron chi connectivity index (χ2n) is 3.63. The Kier molecular flexibility index (Phi) is 3.50. The van der Waals surface area contributed by atoms with E-state index in [2.05, 4.69) is 9.72 Å². The van der Waals surface area contributed by atoms with Crippen LogP contribution in [0.4, 0.5) is 13.2 Å². The fourth-order valence-electron chi connectivity index (χ4n) is 1.55. The third kappa shape index (κ3) is 2.42. The Morgan fingerprint density at radius 3 is 2.53 bits per heavy atom. The van der Waals surface area contributed by atoms with Crippen LogP contribution in [0.25, 0.3) is 11.3 Å². The molecule has 1 aromatic heterocycles. The van der Waals surface area contributed by atoms with Crippen LogP contribution in [0.3, 0.4) is 0 Å². The lowest BCUT2D eigenvalue weighted by Crippen LogP contribution is -2.06. The van der Waals surface area contributed by atoms with E-state index in [0.717, 1.165) is 19.2 Å². The van der Waals surface area contributed by atoms with Crippen LogP contribution in [0, 0.1) is 17.6 Å². The van der Waals surface area contributed by atoms with Crippen molar-refractivity contribution in [3.8, 4) is 11.3 Å². The molecule has 1 heterocycles. The fraction of sp³-hybridized carbons (Fsp3) is 0.0769. The fourth-order valence-corrected chi connectivity index (χ4v) is 1.55. The molecule has 0 unspecified atom stereocenters. The number of carbonyl (C=O) groups excluding carboxylic acids is 1. The summed E-state index contributed by atoms with van der Waals surface area (Å²) in [5, 5.41) is 0. The van der Waals surface area contributed by atoms with Crippen molar-refractivity contribution in [1.29, 1.82) is 0 Å². The minimum atomic E-state index is -1.12. The Morgan fingerprint density at radius 1 is 1.16 bits per heavy atom. The Bertz CT molecular complexity index is 644. The largest absolute Gasteiger partial charge is 0.465 e. The molecule has 0 saturated heterocycles. The van der Waals surface area contributed by atoms with Gasteiger partial charge in [0.25, 0.3) is 0 Å². The first-order valence-corrected chi connectivity index (χ1v) is 5.24. The summed E-state index contributed by atoms with van der Waals surface area (Å²) < 4.78 is 44.5. The van der Waals surface area contributed by atoms with Crippen LogP contribution in [0.5, 0.6) is 0 Å². The van der Waals surface area contributed by atoms with E-state index >= 15 is 0 Å². The Morgan fingerprint density at radius 2 is 1.89 bits per heavy atom. The zero-order valence-corrected chi connectivity index (χ0v) is 9.78. The van der Waals surface area contributed by atoms with Crippen molar-refractivity contribution in [1.82, 2.24) is 4.98 Å². The van der Waals surface area contributed by atoms with Crippen LogP contribution in [-0.2, 0) is 4.74 Å². The predicted octanol–water partition coefficient (Wildman–Crippen LogP) is 2.95. The van der Waals surface area contributed by atoms with Crippen molar-refractivity contribution in [3.63, 3.8) is 0 Å². The van der Waals surface area contributed by atoms with Gasteiger partial charge in [-0.05, 0) is 24.3 Å². The van der Waals surface area contributed by atoms with E-state index in [1.165, 1.54) is 18.2 Å². The van der Waals surface area contributed by atoms with E-state index in [0.29, 0.717) is 0 Å². The van der Waals surface area contributed by atoms with Gasteiger partial charge in [0.15, 0.2) is 11.6 Å². The molecule has 0 saturated carbocycles. The average molecular weight is 267 g/mol. The number of hydrogen-bond acceptors (Lipinski definition) is 3. The summed E-state index contributed by atoms with van der Waals surface area (Å²) >= 11 is 0. The molecule has 2 aromatic rings. The zero-order chi connectivity index (χ0) is 14.0. The summed E-state index contributed by atoms with van der Waals surface area (Å²) in [6.45, 7) is 0. The van der Waals surface area contributed by atoms with Gasteiger partial charge >= 0.3 is 5.97 Å². The lowest BCUT2D eigenvalue weighted by Gasteiger charge is -2.05. The number of aromatic nitrogens is 1. The van der Waals surface area contributed by atoms with Gasteiger partial charge in [0, 0.05) is 5.56 Å². The highest BCUT2D eigenvalue weighted by Gasteiger charge is 2.17. The van der Waals surface area contributed by atoms with E-state index < -0.39 is 23.6 Å². The zero-order valence-electron chi connectivity index (χ0n) is 9.78. The van der Waals surface area contributed by atoms with Crippen LogP contribution in [-0.4, -0.2) is 18.1 Å². The normalized spacial score (nSPS) is 10.3. The average Bonchev–Trinajstić information content (AvgIpc) is 2.41. The molecule has 2 rings (SSSR count). The molecule has 0 spiro atoms. The van der Waals surface area contributed by atoms with E-state index in [9.17, 15) is 18.0 Å². The third-order valence-electron chi connectivity index (χ3n) is 2.48. The van der Waals surface area contributed by atoms with Crippen molar-refractivity contribution in [2.24, 2.45) is 0 Å². The van der Waals surface area contributed by atoms with Gasteiger partial charge in [-0.15, -0.1) is 0 Å². The van der Waals surface area contributed by atoms with E-state index in [1.807, 2.05) is 0 Å². The number of esters is 1. The molecule has 0 aliphatic heterocycles. The molecule has 0 fully saturated rings. The molecular formula is C13H8F3NO2. The molecule has 3 nitrogen and oxygen atoms in total. The highest BCUT2D eigenvalue weighted by Crippen LogP contribution is 2.23. The maximum atomic E-state index is 13.6. The van der Waals surface area contributed by atoms with E-state index in [-0.39, 0.29) is 16.8 Å². The molecule has 0 radical (unpaired) electrons. The van der Waals surface area contributed by atoms with Crippen molar-refractivity contribution < 1.29 is 22.7 Å². The first-order valence-electron chi connectivity index (χ1n) is 5.24. The van der Waals surface area contributed by atoms with Gasteiger partial charge in [-0.1, -0.05) is 6.07 Å². The second-order valence-corrected chi connectivity index (χ2v) is 3.63. The number of hydrogen-bond donors (Lipinski definition) is 0. The Hall–Kier alpha value is -2.37. The molecule has 6 heteroatoms. The number of methoxy groups -OCH3 is 1.